The van der Waals surface area contributed by atoms with E-state index in [9.17, 15) is 5.11 Å². The van der Waals surface area contributed by atoms with Crippen molar-refractivity contribution in [2.24, 2.45) is 4.99 Å². The maximum absolute atomic E-state index is 10.6. The normalized spacial score (nSPS) is 20.3. The van der Waals surface area contributed by atoms with Gasteiger partial charge in [0.1, 0.15) is 5.75 Å². The van der Waals surface area contributed by atoms with Gasteiger partial charge in [-0.1, -0.05) is 18.9 Å². The summed E-state index contributed by atoms with van der Waals surface area (Å²) in [5, 5.41) is 14.0. The number of nitrogens with one attached hydrogen (secondary N) is 1. The summed E-state index contributed by atoms with van der Waals surface area (Å²) >= 11 is 0. The Morgan fingerprint density at radius 1 is 1.23 bits per heavy atom. The van der Waals surface area contributed by atoms with Gasteiger partial charge in [-0.25, -0.2) is 0 Å². The van der Waals surface area contributed by atoms with Crippen molar-refractivity contribution in [1.82, 2.24) is 10.2 Å². The molecule has 0 spiro atoms. The van der Waals surface area contributed by atoms with Crippen molar-refractivity contribution < 1.29 is 9.84 Å². The Morgan fingerprint density at radius 3 is 2.62 bits per heavy atom. The van der Waals surface area contributed by atoms with Gasteiger partial charge in [-0.05, 0) is 31.9 Å². The lowest BCUT2D eigenvalue weighted by Gasteiger charge is -2.38. The molecular formula is C20H32N4O2. The van der Waals surface area contributed by atoms with Crippen molar-refractivity contribution in [3.05, 3.63) is 24.3 Å². The predicted molar refractivity (Wildman–Crippen MR) is 106 cm³/mol. The fourth-order valence-electron chi connectivity index (χ4n) is 3.82. The van der Waals surface area contributed by atoms with Crippen LogP contribution in [0.25, 0.3) is 0 Å². The van der Waals surface area contributed by atoms with Gasteiger partial charge in [0.05, 0.1) is 19.3 Å². The number of piperazine rings is 1. The molecule has 3 rings (SSSR count). The average molecular weight is 361 g/mol. The van der Waals surface area contributed by atoms with E-state index < -0.39 is 5.60 Å². The van der Waals surface area contributed by atoms with Crippen molar-refractivity contribution in [3.63, 3.8) is 0 Å². The van der Waals surface area contributed by atoms with E-state index >= 15 is 0 Å². The third-order valence-electron chi connectivity index (χ3n) is 5.39. The molecule has 1 saturated carbocycles. The number of rotatable bonds is 5. The van der Waals surface area contributed by atoms with E-state index in [1.54, 1.807) is 7.11 Å². The molecule has 6 heteroatoms. The van der Waals surface area contributed by atoms with Gasteiger partial charge < -0.3 is 25.0 Å². The smallest absolute Gasteiger partial charge is 0.194 e. The third kappa shape index (κ3) is 4.61. The third-order valence-corrected chi connectivity index (χ3v) is 5.39. The Bertz CT molecular complexity index is 606. The summed E-state index contributed by atoms with van der Waals surface area (Å²) in [6, 6.07) is 8.23. The zero-order chi connectivity index (χ0) is 18.4. The fourth-order valence-corrected chi connectivity index (χ4v) is 3.82. The van der Waals surface area contributed by atoms with Crippen LogP contribution in [0.4, 0.5) is 5.69 Å². The molecule has 1 aromatic rings. The molecule has 1 aliphatic heterocycles. The number of anilines is 1. The first-order valence-electron chi connectivity index (χ1n) is 9.78. The molecule has 144 valence electrons. The van der Waals surface area contributed by atoms with E-state index in [1.807, 2.05) is 12.1 Å². The highest BCUT2D eigenvalue weighted by molar-refractivity contribution is 5.80. The van der Waals surface area contributed by atoms with E-state index in [1.165, 1.54) is 5.69 Å². The minimum Gasteiger partial charge on any atom is -0.497 e. The number of aliphatic imine (C=N–C) groups is 1. The van der Waals surface area contributed by atoms with E-state index in [4.69, 9.17) is 9.73 Å². The minimum absolute atomic E-state index is 0.505. The predicted octanol–water partition coefficient (Wildman–Crippen LogP) is 2.09. The maximum atomic E-state index is 10.6. The fraction of sp³-hybridized carbons (Fsp3) is 0.650. The van der Waals surface area contributed by atoms with E-state index in [0.717, 1.165) is 70.1 Å². The first kappa shape index (κ1) is 18.8. The first-order chi connectivity index (χ1) is 12.6. The van der Waals surface area contributed by atoms with Crippen LogP contribution in [0, 0.1) is 0 Å². The SMILES string of the molecule is CCNC(=NCC1(O)CCCC1)N1CCN(c2cccc(OC)c2)CC1. The molecule has 1 aliphatic carbocycles. The van der Waals surface area contributed by atoms with Crippen LogP contribution in [0.3, 0.4) is 0 Å². The average Bonchev–Trinajstić information content (AvgIpc) is 3.12. The number of hydrogen-bond acceptors (Lipinski definition) is 4. The molecule has 0 radical (unpaired) electrons. The molecule has 1 heterocycles. The maximum Gasteiger partial charge on any atom is 0.194 e. The quantitative estimate of drug-likeness (QED) is 0.622. The van der Waals surface area contributed by atoms with Crippen molar-refractivity contribution in [1.29, 1.82) is 0 Å². The molecule has 0 aromatic heterocycles. The van der Waals surface area contributed by atoms with Gasteiger partial charge in [-0.3, -0.25) is 4.99 Å². The van der Waals surface area contributed by atoms with Crippen molar-refractivity contribution >= 4 is 11.6 Å². The van der Waals surface area contributed by atoms with Crippen LogP contribution in [0.1, 0.15) is 32.6 Å². The number of guanidine groups is 1. The molecule has 1 aromatic carbocycles. The summed E-state index contributed by atoms with van der Waals surface area (Å²) in [7, 11) is 1.70. The molecule has 0 amide bonds. The molecule has 0 unspecified atom stereocenters. The van der Waals surface area contributed by atoms with E-state index in [2.05, 4.69) is 34.2 Å². The Labute approximate surface area is 156 Å². The van der Waals surface area contributed by atoms with Crippen LogP contribution in [-0.4, -0.2) is 67.9 Å². The number of methoxy groups -OCH3 is 1. The molecule has 1 saturated heterocycles. The van der Waals surface area contributed by atoms with E-state index in [-0.39, 0.29) is 0 Å². The van der Waals surface area contributed by atoms with Gasteiger partial charge in [-0.2, -0.15) is 0 Å². The minimum atomic E-state index is -0.594. The standard InChI is InChI=1S/C20H32N4O2/c1-3-21-19(22-16-20(25)9-4-5-10-20)24-13-11-23(12-14-24)17-7-6-8-18(15-17)26-2/h6-8,15,25H,3-5,9-14,16H2,1-2H3,(H,21,22). The van der Waals surface area contributed by atoms with Crippen molar-refractivity contribution in [3.8, 4) is 5.75 Å². The van der Waals surface area contributed by atoms with Gasteiger partial charge in [0.2, 0.25) is 0 Å². The summed E-state index contributed by atoms with van der Waals surface area (Å²) in [6.07, 6.45) is 3.97. The lowest BCUT2D eigenvalue weighted by atomic mass is 10.0. The van der Waals surface area contributed by atoms with Crippen molar-refractivity contribution in [2.75, 3.05) is 51.3 Å². The van der Waals surface area contributed by atoms with Crippen LogP contribution in [0.5, 0.6) is 5.75 Å². The molecule has 0 atom stereocenters. The summed E-state index contributed by atoms with van der Waals surface area (Å²) in [6.45, 7) is 7.16. The monoisotopic (exact) mass is 360 g/mol. The molecule has 26 heavy (non-hydrogen) atoms. The Morgan fingerprint density at radius 2 is 1.96 bits per heavy atom. The Hall–Kier alpha value is -1.95. The Balaban J connectivity index is 1.60. The molecular weight excluding hydrogens is 328 g/mol. The zero-order valence-corrected chi connectivity index (χ0v) is 16.1. The van der Waals surface area contributed by atoms with Crippen LogP contribution >= 0.6 is 0 Å². The lowest BCUT2D eigenvalue weighted by Crippen LogP contribution is -2.53. The van der Waals surface area contributed by atoms with Gasteiger partial charge in [0.25, 0.3) is 0 Å². The van der Waals surface area contributed by atoms with Crippen LogP contribution < -0.4 is 15.0 Å². The molecule has 2 fully saturated rings. The first-order valence-corrected chi connectivity index (χ1v) is 9.78. The largest absolute Gasteiger partial charge is 0.497 e. The highest BCUT2D eigenvalue weighted by Crippen LogP contribution is 2.29. The van der Waals surface area contributed by atoms with Crippen LogP contribution in [-0.2, 0) is 0 Å². The van der Waals surface area contributed by atoms with Gasteiger partial charge in [0.15, 0.2) is 5.96 Å². The molecule has 0 bridgehead atoms. The molecule has 6 nitrogen and oxygen atoms in total. The topological polar surface area (TPSA) is 60.3 Å². The number of aliphatic hydroxyl groups is 1. The number of ether oxygens (including phenoxy) is 1. The van der Waals surface area contributed by atoms with Crippen LogP contribution in [0.2, 0.25) is 0 Å². The second-order valence-electron chi connectivity index (χ2n) is 7.28. The number of hydrogen-bond donors (Lipinski definition) is 2. The highest BCUT2D eigenvalue weighted by Gasteiger charge is 2.31. The lowest BCUT2D eigenvalue weighted by molar-refractivity contribution is 0.0571. The molecule has 2 aliphatic rings. The second kappa shape index (κ2) is 8.62. The van der Waals surface area contributed by atoms with Crippen molar-refractivity contribution in [2.45, 2.75) is 38.2 Å². The second-order valence-corrected chi connectivity index (χ2v) is 7.28. The van der Waals surface area contributed by atoms with Gasteiger partial charge in [-0.15, -0.1) is 0 Å². The summed E-state index contributed by atoms with van der Waals surface area (Å²) in [4.78, 5) is 9.45. The highest BCUT2D eigenvalue weighted by atomic mass is 16.5. The Kier molecular flexibility index (Phi) is 6.25. The summed E-state index contributed by atoms with van der Waals surface area (Å²) < 4.78 is 5.34. The van der Waals surface area contributed by atoms with Crippen LogP contribution in [0.15, 0.2) is 29.3 Å². The zero-order valence-electron chi connectivity index (χ0n) is 16.1. The molecule has 2 N–H and O–H groups in total. The summed E-state index contributed by atoms with van der Waals surface area (Å²) in [5.74, 6) is 1.82. The van der Waals surface area contributed by atoms with Gasteiger partial charge in [0, 0.05) is 44.5 Å². The van der Waals surface area contributed by atoms with E-state index in [0.29, 0.717) is 6.54 Å². The number of benzene rings is 1. The van der Waals surface area contributed by atoms with Gasteiger partial charge >= 0.3 is 0 Å². The number of nitrogens with zero attached hydrogens (tertiary/aromatic N) is 3. The summed E-state index contributed by atoms with van der Waals surface area (Å²) in [5.41, 5.74) is 0.606.